The van der Waals surface area contributed by atoms with E-state index in [0.717, 1.165) is 11.0 Å². The maximum absolute atomic E-state index is 4.29. The summed E-state index contributed by atoms with van der Waals surface area (Å²) in [4.78, 5) is 8.46. The Hall–Kier alpha value is -1.44. The molecule has 2 heteroatoms. The zero-order chi connectivity index (χ0) is 9.26. The average molecular weight is 172 g/mol. The number of aromatic nitrogens is 2. The maximum atomic E-state index is 4.29. The van der Waals surface area contributed by atoms with Crippen LogP contribution in [0.2, 0.25) is 0 Å². The number of hydrogen-bond acceptors (Lipinski definition) is 2. The fraction of sp³-hybridized carbons (Fsp3) is 0.273. The molecule has 0 aromatic carbocycles. The zero-order valence-corrected chi connectivity index (χ0v) is 7.86. The van der Waals surface area contributed by atoms with E-state index < -0.39 is 0 Å². The number of rotatable bonds is 1. The average Bonchev–Trinajstić information content (AvgIpc) is 2.17. The van der Waals surface area contributed by atoms with Gasteiger partial charge in [0.2, 0.25) is 0 Å². The normalized spacial score (nSPS) is 11.0. The van der Waals surface area contributed by atoms with Gasteiger partial charge in [-0.1, -0.05) is 13.8 Å². The molecule has 13 heavy (non-hydrogen) atoms. The van der Waals surface area contributed by atoms with Crippen molar-refractivity contribution in [3.8, 4) is 0 Å². The quantitative estimate of drug-likeness (QED) is 0.661. The first-order valence-electron chi connectivity index (χ1n) is 4.48. The van der Waals surface area contributed by atoms with Gasteiger partial charge in [0, 0.05) is 17.8 Å². The van der Waals surface area contributed by atoms with Crippen molar-refractivity contribution in [3.05, 3.63) is 36.2 Å². The van der Waals surface area contributed by atoms with Crippen LogP contribution in [-0.4, -0.2) is 9.97 Å². The minimum Gasteiger partial charge on any atom is -0.237 e. The van der Waals surface area contributed by atoms with Gasteiger partial charge in [-0.3, -0.25) is 0 Å². The second-order valence-electron chi connectivity index (χ2n) is 3.47. The highest BCUT2D eigenvalue weighted by Crippen LogP contribution is 2.17. The Morgan fingerprint density at radius 1 is 1.23 bits per heavy atom. The molecule has 2 aromatic heterocycles. The molecule has 2 heterocycles. The second-order valence-corrected chi connectivity index (χ2v) is 3.47. The molecule has 0 unspecified atom stereocenters. The fourth-order valence-corrected chi connectivity index (χ4v) is 1.30. The monoisotopic (exact) mass is 172 g/mol. The van der Waals surface area contributed by atoms with E-state index in [9.17, 15) is 0 Å². The van der Waals surface area contributed by atoms with Gasteiger partial charge in [0.1, 0.15) is 0 Å². The molecule has 0 saturated carbocycles. The number of pyridine rings is 2. The van der Waals surface area contributed by atoms with E-state index in [1.165, 1.54) is 5.56 Å². The summed E-state index contributed by atoms with van der Waals surface area (Å²) in [5.74, 6) is 0.525. The number of hydrogen-bond donors (Lipinski definition) is 0. The van der Waals surface area contributed by atoms with Crippen LogP contribution in [0.3, 0.4) is 0 Å². The third kappa shape index (κ3) is 1.52. The summed E-state index contributed by atoms with van der Waals surface area (Å²) in [6, 6.07) is 6.13. The Morgan fingerprint density at radius 2 is 2.08 bits per heavy atom. The fourth-order valence-electron chi connectivity index (χ4n) is 1.30. The maximum Gasteiger partial charge on any atom is 0.159 e. The summed E-state index contributed by atoms with van der Waals surface area (Å²) in [6.45, 7) is 4.33. The summed E-state index contributed by atoms with van der Waals surface area (Å²) < 4.78 is 0. The van der Waals surface area contributed by atoms with Crippen molar-refractivity contribution in [1.82, 2.24) is 9.97 Å². The van der Waals surface area contributed by atoms with Crippen LogP contribution in [0, 0.1) is 0 Å². The van der Waals surface area contributed by atoms with Crippen molar-refractivity contribution in [3.63, 3.8) is 0 Å². The molecule has 66 valence electrons. The van der Waals surface area contributed by atoms with Gasteiger partial charge in [0.25, 0.3) is 0 Å². The van der Waals surface area contributed by atoms with E-state index in [1.54, 1.807) is 6.20 Å². The molecule has 0 bridgehead atoms. The molecular formula is C11H12N2. The van der Waals surface area contributed by atoms with Crippen LogP contribution in [0.1, 0.15) is 25.3 Å². The molecule has 0 atom stereocenters. The first-order chi connectivity index (χ1) is 6.27. The van der Waals surface area contributed by atoms with Crippen molar-refractivity contribution in [2.24, 2.45) is 0 Å². The van der Waals surface area contributed by atoms with Crippen LogP contribution >= 0.6 is 0 Å². The lowest BCUT2D eigenvalue weighted by atomic mass is 10.0. The molecule has 0 spiro atoms. The highest BCUT2D eigenvalue weighted by Gasteiger charge is 2.01. The summed E-state index contributed by atoms with van der Waals surface area (Å²) in [5, 5.41) is 1.12. The summed E-state index contributed by atoms with van der Waals surface area (Å²) in [6.07, 6.45) is 3.67. The molecule has 0 aliphatic rings. The Bertz CT molecular complexity index is 421. The van der Waals surface area contributed by atoms with Crippen molar-refractivity contribution in [2.75, 3.05) is 0 Å². The van der Waals surface area contributed by atoms with Crippen LogP contribution < -0.4 is 0 Å². The molecule has 0 amide bonds. The van der Waals surface area contributed by atoms with Crippen molar-refractivity contribution in [1.29, 1.82) is 0 Å². The smallest absolute Gasteiger partial charge is 0.159 e. The Kier molecular flexibility index (Phi) is 1.97. The van der Waals surface area contributed by atoms with Crippen LogP contribution in [-0.2, 0) is 0 Å². The van der Waals surface area contributed by atoms with Gasteiger partial charge in [-0.25, -0.2) is 9.97 Å². The van der Waals surface area contributed by atoms with E-state index >= 15 is 0 Å². The van der Waals surface area contributed by atoms with Gasteiger partial charge < -0.3 is 0 Å². The summed E-state index contributed by atoms with van der Waals surface area (Å²) in [5.41, 5.74) is 2.09. The van der Waals surface area contributed by atoms with E-state index in [1.807, 2.05) is 18.3 Å². The van der Waals surface area contributed by atoms with Gasteiger partial charge in [-0.15, -0.1) is 0 Å². The molecule has 2 rings (SSSR count). The van der Waals surface area contributed by atoms with Crippen molar-refractivity contribution < 1.29 is 0 Å². The van der Waals surface area contributed by atoms with Gasteiger partial charge in [-0.05, 0) is 29.7 Å². The molecule has 0 saturated heterocycles. The van der Waals surface area contributed by atoms with Crippen LogP contribution in [0.4, 0.5) is 0 Å². The molecule has 0 aliphatic carbocycles. The zero-order valence-electron chi connectivity index (χ0n) is 7.86. The first-order valence-corrected chi connectivity index (χ1v) is 4.48. The van der Waals surface area contributed by atoms with Crippen LogP contribution in [0.15, 0.2) is 30.6 Å². The second kappa shape index (κ2) is 3.13. The predicted octanol–water partition coefficient (Wildman–Crippen LogP) is 2.75. The Morgan fingerprint density at radius 3 is 2.85 bits per heavy atom. The van der Waals surface area contributed by atoms with E-state index in [-0.39, 0.29) is 0 Å². The topological polar surface area (TPSA) is 25.8 Å². The van der Waals surface area contributed by atoms with Crippen LogP contribution in [0.5, 0.6) is 0 Å². The van der Waals surface area contributed by atoms with Gasteiger partial charge in [-0.2, -0.15) is 0 Å². The third-order valence-corrected chi connectivity index (χ3v) is 2.14. The van der Waals surface area contributed by atoms with E-state index in [0.29, 0.717) is 5.92 Å². The number of nitrogens with zero attached hydrogens (tertiary/aromatic N) is 2. The highest BCUT2D eigenvalue weighted by molar-refractivity contribution is 5.74. The van der Waals surface area contributed by atoms with Gasteiger partial charge in [0.15, 0.2) is 5.65 Å². The van der Waals surface area contributed by atoms with E-state index in [2.05, 4.69) is 29.9 Å². The van der Waals surface area contributed by atoms with Gasteiger partial charge >= 0.3 is 0 Å². The Balaban J connectivity index is 2.62. The Labute approximate surface area is 77.6 Å². The first kappa shape index (κ1) is 8.17. The SMILES string of the molecule is CC(C)c1cnc2ncccc2c1. The lowest BCUT2D eigenvalue weighted by molar-refractivity contribution is 0.861. The predicted molar refractivity (Wildman–Crippen MR) is 53.6 cm³/mol. The van der Waals surface area contributed by atoms with Crippen LogP contribution in [0.25, 0.3) is 11.0 Å². The molecule has 0 N–H and O–H groups in total. The van der Waals surface area contributed by atoms with Crippen molar-refractivity contribution in [2.45, 2.75) is 19.8 Å². The molecule has 0 radical (unpaired) electrons. The molecule has 0 fully saturated rings. The highest BCUT2D eigenvalue weighted by atomic mass is 14.8. The van der Waals surface area contributed by atoms with E-state index in [4.69, 9.17) is 0 Å². The summed E-state index contributed by atoms with van der Waals surface area (Å²) >= 11 is 0. The third-order valence-electron chi connectivity index (χ3n) is 2.14. The minimum atomic E-state index is 0.525. The lowest BCUT2D eigenvalue weighted by Crippen LogP contribution is -1.90. The molecule has 0 aliphatic heterocycles. The van der Waals surface area contributed by atoms with Crippen molar-refractivity contribution >= 4 is 11.0 Å². The summed E-state index contributed by atoms with van der Waals surface area (Å²) in [7, 11) is 0. The minimum absolute atomic E-state index is 0.525. The lowest BCUT2D eigenvalue weighted by Gasteiger charge is -2.04. The molecular weight excluding hydrogens is 160 g/mol. The largest absolute Gasteiger partial charge is 0.237 e. The number of fused-ring (bicyclic) bond motifs is 1. The standard InChI is InChI=1S/C11H12N2/c1-8(2)10-6-9-4-3-5-12-11(9)13-7-10/h3-8H,1-2H3. The molecule has 2 aromatic rings. The molecule has 2 nitrogen and oxygen atoms in total. The van der Waals surface area contributed by atoms with Gasteiger partial charge in [0.05, 0.1) is 0 Å².